The number of benzene rings is 2. The van der Waals surface area contributed by atoms with Gasteiger partial charge in [0.1, 0.15) is 11.5 Å². The monoisotopic (exact) mass is 366 g/mol. The number of Topliss-reactive ketones (excluding diaryl/α,β-unsaturated/α-hetero) is 1. The predicted octanol–water partition coefficient (Wildman–Crippen LogP) is 3.71. The summed E-state index contributed by atoms with van der Waals surface area (Å²) in [5, 5.41) is 0. The first kappa shape index (κ1) is 18.4. The second-order valence-electron chi connectivity index (χ2n) is 5.99. The van der Waals surface area contributed by atoms with E-state index >= 15 is 0 Å². The van der Waals surface area contributed by atoms with Gasteiger partial charge in [-0.3, -0.25) is 9.59 Å². The standard InChI is InChI=1S/C21H18O6/c1-4-18(22)26-15-9-12(2)19-16(11-15)27-17(20(19)23)10-13-5-7-14(8-6-13)21(24)25-3/h5-11H,4H2,1-3H3/b17-10-. The Morgan fingerprint density at radius 1 is 1.15 bits per heavy atom. The third-order valence-electron chi connectivity index (χ3n) is 4.09. The van der Waals surface area contributed by atoms with Crippen molar-refractivity contribution in [3.63, 3.8) is 0 Å². The Balaban J connectivity index is 1.87. The van der Waals surface area contributed by atoms with Gasteiger partial charge < -0.3 is 14.2 Å². The van der Waals surface area contributed by atoms with Crippen molar-refractivity contribution in [2.75, 3.05) is 7.11 Å². The van der Waals surface area contributed by atoms with Gasteiger partial charge in [-0.05, 0) is 42.3 Å². The maximum Gasteiger partial charge on any atom is 0.337 e. The molecule has 2 aromatic carbocycles. The quantitative estimate of drug-likeness (QED) is 0.466. The van der Waals surface area contributed by atoms with Crippen molar-refractivity contribution in [2.24, 2.45) is 0 Å². The Kier molecular flexibility index (Phi) is 5.07. The first-order valence-corrected chi connectivity index (χ1v) is 8.41. The average Bonchev–Trinajstić information content (AvgIpc) is 2.97. The largest absolute Gasteiger partial charge is 0.465 e. The smallest absolute Gasteiger partial charge is 0.337 e. The van der Waals surface area contributed by atoms with Crippen LogP contribution in [0.2, 0.25) is 0 Å². The highest BCUT2D eigenvalue weighted by atomic mass is 16.5. The van der Waals surface area contributed by atoms with Gasteiger partial charge in [0.15, 0.2) is 5.76 Å². The van der Waals surface area contributed by atoms with Gasteiger partial charge in [0.25, 0.3) is 0 Å². The molecule has 0 aliphatic carbocycles. The van der Waals surface area contributed by atoms with E-state index in [2.05, 4.69) is 4.74 Å². The normalized spacial score (nSPS) is 13.9. The van der Waals surface area contributed by atoms with Crippen LogP contribution in [0.3, 0.4) is 0 Å². The second kappa shape index (κ2) is 7.45. The fraction of sp³-hybridized carbons (Fsp3) is 0.190. The Bertz CT molecular complexity index is 953. The molecule has 1 heterocycles. The molecule has 3 rings (SSSR count). The average molecular weight is 366 g/mol. The number of allylic oxidation sites excluding steroid dienone is 1. The SMILES string of the molecule is CCC(=O)Oc1cc(C)c2c(c1)O/C(=C\c1ccc(C(=O)OC)cc1)C2=O. The van der Waals surface area contributed by atoms with Crippen molar-refractivity contribution >= 4 is 23.8 Å². The number of ether oxygens (including phenoxy) is 3. The third kappa shape index (κ3) is 3.74. The molecule has 0 amide bonds. The van der Waals surface area contributed by atoms with Crippen LogP contribution in [0.5, 0.6) is 11.5 Å². The highest BCUT2D eigenvalue weighted by Crippen LogP contribution is 2.37. The minimum absolute atomic E-state index is 0.165. The zero-order valence-corrected chi connectivity index (χ0v) is 15.2. The summed E-state index contributed by atoms with van der Waals surface area (Å²) in [6.07, 6.45) is 1.85. The molecule has 0 saturated heterocycles. The topological polar surface area (TPSA) is 78.9 Å². The summed E-state index contributed by atoms with van der Waals surface area (Å²) in [4.78, 5) is 35.6. The number of esters is 2. The lowest BCUT2D eigenvalue weighted by Crippen LogP contribution is -2.06. The number of carbonyl (C=O) groups is 3. The Labute approximate surface area is 156 Å². The molecule has 1 aliphatic rings. The second-order valence-corrected chi connectivity index (χ2v) is 5.99. The molecule has 138 valence electrons. The molecule has 27 heavy (non-hydrogen) atoms. The van der Waals surface area contributed by atoms with E-state index in [1.807, 2.05) is 0 Å². The van der Waals surface area contributed by atoms with E-state index in [1.54, 1.807) is 50.3 Å². The van der Waals surface area contributed by atoms with Crippen molar-refractivity contribution < 1.29 is 28.6 Å². The van der Waals surface area contributed by atoms with Crippen molar-refractivity contribution in [1.82, 2.24) is 0 Å². The molecule has 0 spiro atoms. The third-order valence-corrected chi connectivity index (χ3v) is 4.09. The molecule has 2 aromatic rings. The molecule has 0 aromatic heterocycles. The minimum Gasteiger partial charge on any atom is -0.465 e. The van der Waals surface area contributed by atoms with Gasteiger partial charge in [-0.2, -0.15) is 0 Å². The molecule has 0 atom stereocenters. The molecule has 6 heteroatoms. The number of hydrogen-bond acceptors (Lipinski definition) is 6. The molecule has 0 unspecified atom stereocenters. The lowest BCUT2D eigenvalue weighted by molar-refractivity contribution is -0.134. The van der Waals surface area contributed by atoms with Gasteiger partial charge in [-0.25, -0.2) is 4.79 Å². The van der Waals surface area contributed by atoms with Crippen LogP contribution in [0.1, 0.15) is 45.2 Å². The fourth-order valence-corrected chi connectivity index (χ4v) is 2.72. The molecule has 0 N–H and O–H groups in total. The maximum atomic E-state index is 12.7. The summed E-state index contributed by atoms with van der Waals surface area (Å²) in [6.45, 7) is 3.46. The molecular weight excluding hydrogens is 348 g/mol. The number of ketones is 1. The van der Waals surface area contributed by atoms with Gasteiger partial charge in [0, 0.05) is 12.5 Å². The van der Waals surface area contributed by atoms with Gasteiger partial charge in [-0.1, -0.05) is 19.1 Å². The van der Waals surface area contributed by atoms with Crippen LogP contribution in [-0.2, 0) is 9.53 Å². The summed E-state index contributed by atoms with van der Waals surface area (Å²) in [5.74, 6) is -0.170. The van der Waals surface area contributed by atoms with E-state index in [1.165, 1.54) is 13.2 Å². The van der Waals surface area contributed by atoms with Gasteiger partial charge in [-0.15, -0.1) is 0 Å². The number of carbonyl (C=O) groups excluding carboxylic acids is 3. The molecule has 0 bridgehead atoms. The summed E-state index contributed by atoms with van der Waals surface area (Å²) in [5.41, 5.74) is 2.23. The van der Waals surface area contributed by atoms with E-state index in [-0.39, 0.29) is 23.9 Å². The van der Waals surface area contributed by atoms with Crippen molar-refractivity contribution in [1.29, 1.82) is 0 Å². The summed E-state index contributed by atoms with van der Waals surface area (Å²) in [6, 6.07) is 9.79. The molecule has 0 fully saturated rings. The fourth-order valence-electron chi connectivity index (χ4n) is 2.72. The predicted molar refractivity (Wildman–Crippen MR) is 97.8 cm³/mol. The summed E-state index contributed by atoms with van der Waals surface area (Å²) in [7, 11) is 1.31. The Hall–Kier alpha value is -3.41. The highest BCUT2D eigenvalue weighted by molar-refractivity contribution is 6.15. The molecular formula is C21H18O6. The lowest BCUT2D eigenvalue weighted by atomic mass is 10.0. The molecule has 1 aliphatic heterocycles. The van der Waals surface area contributed by atoms with E-state index in [0.717, 1.165) is 0 Å². The first-order chi connectivity index (χ1) is 12.9. The maximum absolute atomic E-state index is 12.7. The molecule has 0 radical (unpaired) electrons. The number of fused-ring (bicyclic) bond motifs is 1. The van der Waals surface area contributed by atoms with Crippen molar-refractivity contribution in [3.8, 4) is 11.5 Å². The number of aryl methyl sites for hydroxylation is 1. The number of hydrogen-bond donors (Lipinski definition) is 0. The van der Waals surface area contributed by atoms with Crippen molar-refractivity contribution in [2.45, 2.75) is 20.3 Å². The Morgan fingerprint density at radius 2 is 1.85 bits per heavy atom. The summed E-state index contributed by atoms with van der Waals surface area (Å²) < 4.78 is 15.6. The van der Waals surface area contributed by atoms with Crippen LogP contribution in [0.15, 0.2) is 42.2 Å². The number of methoxy groups -OCH3 is 1. The minimum atomic E-state index is -0.431. The van der Waals surface area contributed by atoms with E-state index in [9.17, 15) is 14.4 Å². The van der Waals surface area contributed by atoms with Gasteiger partial charge in [0.2, 0.25) is 5.78 Å². The van der Waals surface area contributed by atoms with E-state index in [4.69, 9.17) is 9.47 Å². The van der Waals surface area contributed by atoms with Crippen LogP contribution in [0, 0.1) is 6.92 Å². The summed E-state index contributed by atoms with van der Waals surface area (Å²) >= 11 is 0. The zero-order chi connectivity index (χ0) is 19.6. The highest BCUT2D eigenvalue weighted by Gasteiger charge is 2.30. The van der Waals surface area contributed by atoms with Gasteiger partial charge in [0.05, 0.1) is 18.2 Å². The first-order valence-electron chi connectivity index (χ1n) is 8.41. The van der Waals surface area contributed by atoms with Crippen LogP contribution >= 0.6 is 0 Å². The zero-order valence-electron chi connectivity index (χ0n) is 15.2. The van der Waals surface area contributed by atoms with E-state index in [0.29, 0.717) is 33.8 Å². The van der Waals surface area contributed by atoms with E-state index < -0.39 is 5.97 Å². The Morgan fingerprint density at radius 3 is 2.48 bits per heavy atom. The van der Waals surface area contributed by atoms with Crippen LogP contribution < -0.4 is 9.47 Å². The van der Waals surface area contributed by atoms with Crippen LogP contribution in [0.4, 0.5) is 0 Å². The van der Waals surface area contributed by atoms with Crippen LogP contribution in [-0.4, -0.2) is 24.8 Å². The molecule has 0 saturated carbocycles. The number of rotatable bonds is 4. The van der Waals surface area contributed by atoms with Crippen LogP contribution in [0.25, 0.3) is 6.08 Å². The molecule has 6 nitrogen and oxygen atoms in total. The van der Waals surface area contributed by atoms with Gasteiger partial charge >= 0.3 is 11.9 Å². The van der Waals surface area contributed by atoms with Crippen molar-refractivity contribution in [3.05, 3.63) is 64.4 Å². The lowest BCUT2D eigenvalue weighted by Gasteiger charge is -2.06.